The molecule has 13 heavy (non-hydrogen) atoms. The molecule has 5 heteroatoms. The summed E-state index contributed by atoms with van der Waals surface area (Å²) in [5, 5.41) is 2.55. The highest BCUT2D eigenvalue weighted by molar-refractivity contribution is 9.08. The van der Waals surface area contributed by atoms with E-state index in [4.69, 9.17) is 0 Å². The number of nitrogens with zero attached hydrogens (tertiary/aromatic N) is 2. The SMILES string of the molecule is Cc1csc2nc(CBr)cc(=O)n12. The Bertz CT molecular complexity index is 502. The van der Waals surface area contributed by atoms with Crippen molar-refractivity contribution in [2.24, 2.45) is 0 Å². The van der Waals surface area contributed by atoms with Gasteiger partial charge in [-0.05, 0) is 6.92 Å². The van der Waals surface area contributed by atoms with E-state index >= 15 is 0 Å². The van der Waals surface area contributed by atoms with E-state index in [1.165, 1.54) is 11.3 Å². The van der Waals surface area contributed by atoms with E-state index in [0.29, 0.717) is 5.33 Å². The second kappa shape index (κ2) is 3.23. The van der Waals surface area contributed by atoms with Crippen molar-refractivity contribution in [3.05, 3.63) is 33.2 Å². The first-order valence-electron chi connectivity index (χ1n) is 3.75. The Morgan fingerprint density at radius 3 is 3.15 bits per heavy atom. The first kappa shape index (κ1) is 8.90. The first-order valence-corrected chi connectivity index (χ1v) is 5.75. The Balaban J connectivity index is 2.87. The molecular weight excluding hydrogens is 252 g/mol. The van der Waals surface area contributed by atoms with Crippen LogP contribution in [0.4, 0.5) is 0 Å². The molecule has 0 unspecified atom stereocenters. The van der Waals surface area contributed by atoms with Crippen molar-refractivity contribution in [1.29, 1.82) is 0 Å². The number of fused-ring (bicyclic) bond motifs is 1. The predicted octanol–water partition coefficient (Wildman–Crippen LogP) is 1.96. The molecule has 0 atom stereocenters. The van der Waals surface area contributed by atoms with Gasteiger partial charge in [-0.25, -0.2) is 4.98 Å². The molecule has 0 fully saturated rings. The molecule has 3 nitrogen and oxygen atoms in total. The maximum absolute atomic E-state index is 11.5. The van der Waals surface area contributed by atoms with E-state index in [9.17, 15) is 4.79 Å². The molecule has 0 saturated heterocycles. The average Bonchev–Trinajstić information content (AvgIpc) is 2.48. The lowest BCUT2D eigenvalue weighted by atomic mass is 10.4. The number of hydrogen-bond acceptors (Lipinski definition) is 3. The summed E-state index contributed by atoms with van der Waals surface area (Å²) in [6, 6.07) is 1.56. The van der Waals surface area contributed by atoms with Crippen LogP contribution >= 0.6 is 27.3 Å². The van der Waals surface area contributed by atoms with Crippen LogP contribution in [-0.2, 0) is 5.33 Å². The van der Waals surface area contributed by atoms with Gasteiger partial charge in [0.1, 0.15) is 0 Å². The van der Waals surface area contributed by atoms with Gasteiger partial charge >= 0.3 is 0 Å². The van der Waals surface area contributed by atoms with Crippen molar-refractivity contribution < 1.29 is 0 Å². The van der Waals surface area contributed by atoms with Gasteiger partial charge < -0.3 is 0 Å². The summed E-state index contributed by atoms with van der Waals surface area (Å²) in [7, 11) is 0. The van der Waals surface area contributed by atoms with Crippen molar-refractivity contribution in [3.8, 4) is 0 Å². The maximum Gasteiger partial charge on any atom is 0.258 e. The van der Waals surface area contributed by atoms with Crippen molar-refractivity contribution in [3.63, 3.8) is 0 Å². The van der Waals surface area contributed by atoms with Crippen LogP contribution in [0.25, 0.3) is 4.96 Å². The molecule has 0 aliphatic rings. The Morgan fingerprint density at radius 2 is 2.46 bits per heavy atom. The number of halogens is 1. The number of thiazole rings is 1. The highest BCUT2D eigenvalue weighted by atomic mass is 79.9. The summed E-state index contributed by atoms with van der Waals surface area (Å²) >= 11 is 4.77. The van der Waals surface area contributed by atoms with Crippen LogP contribution in [0.2, 0.25) is 0 Å². The Morgan fingerprint density at radius 1 is 1.69 bits per heavy atom. The van der Waals surface area contributed by atoms with Crippen molar-refractivity contribution in [2.45, 2.75) is 12.3 Å². The van der Waals surface area contributed by atoms with Gasteiger partial charge in [-0.15, -0.1) is 11.3 Å². The van der Waals surface area contributed by atoms with Crippen LogP contribution in [0.5, 0.6) is 0 Å². The van der Waals surface area contributed by atoms with Crippen molar-refractivity contribution >= 4 is 32.2 Å². The van der Waals surface area contributed by atoms with E-state index in [1.807, 2.05) is 12.3 Å². The third-order valence-corrected chi connectivity index (χ3v) is 3.28. The molecule has 2 rings (SSSR count). The smallest absolute Gasteiger partial charge is 0.258 e. The number of aryl methyl sites for hydroxylation is 1. The van der Waals surface area contributed by atoms with Crippen LogP contribution in [0.1, 0.15) is 11.4 Å². The molecule has 0 aliphatic heterocycles. The zero-order valence-electron chi connectivity index (χ0n) is 6.95. The van der Waals surface area contributed by atoms with Gasteiger partial charge in [0.25, 0.3) is 5.56 Å². The third kappa shape index (κ3) is 1.42. The normalized spacial score (nSPS) is 10.9. The van der Waals surface area contributed by atoms with Gasteiger partial charge in [0.2, 0.25) is 0 Å². The van der Waals surface area contributed by atoms with Crippen LogP contribution in [0.15, 0.2) is 16.2 Å². The second-order valence-electron chi connectivity index (χ2n) is 2.71. The zero-order valence-corrected chi connectivity index (χ0v) is 9.35. The Labute approximate surface area is 87.2 Å². The van der Waals surface area contributed by atoms with Gasteiger partial charge in [-0.1, -0.05) is 15.9 Å². The number of rotatable bonds is 1. The molecule has 0 amide bonds. The molecule has 0 aliphatic carbocycles. The number of alkyl halides is 1. The minimum atomic E-state index is -0.00167. The molecule has 0 N–H and O–H groups in total. The molecule has 2 heterocycles. The summed E-state index contributed by atoms with van der Waals surface area (Å²) in [6.45, 7) is 1.90. The van der Waals surface area contributed by atoms with Gasteiger partial charge in [-0.2, -0.15) is 0 Å². The van der Waals surface area contributed by atoms with Gasteiger partial charge in [0.05, 0.1) is 5.69 Å². The first-order chi connectivity index (χ1) is 6.22. The molecule has 2 aromatic heterocycles. The number of aromatic nitrogens is 2. The maximum atomic E-state index is 11.5. The summed E-state index contributed by atoms with van der Waals surface area (Å²) in [5.41, 5.74) is 1.73. The summed E-state index contributed by atoms with van der Waals surface area (Å²) in [4.78, 5) is 16.6. The molecule has 0 saturated carbocycles. The fraction of sp³-hybridized carbons (Fsp3) is 0.250. The third-order valence-electron chi connectivity index (χ3n) is 1.77. The molecule has 0 aromatic carbocycles. The van der Waals surface area contributed by atoms with Crippen LogP contribution in [0, 0.1) is 6.92 Å². The quantitative estimate of drug-likeness (QED) is 0.734. The molecule has 0 bridgehead atoms. The lowest BCUT2D eigenvalue weighted by Gasteiger charge is -1.96. The monoisotopic (exact) mass is 258 g/mol. The fourth-order valence-corrected chi connectivity index (χ4v) is 2.35. The molecule has 0 spiro atoms. The predicted molar refractivity (Wildman–Crippen MR) is 56.7 cm³/mol. The summed E-state index contributed by atoms with van der Waals surface area (Å²) in [6.07, 6.45) is 0. The molecule has 0 radical (unpaired) electrons. The van der Waals surface area contributed by atoms with Gasteiger partial charge in [0, 0.05) is 22.5 Å². The minimum Gasteiger partial charge on any atom is -0.269 e. The molecular formula is C8H7BrN2OS. The van der Waals surface area contributed by atoms with E-state index in [2.05, 4.69) is 20.9 Å². The largest absolute Gasteiger partial charge is 0.269 e. The van der Waals surface area contributed by atoms with Gasteiger partial charge in [-0.3, -0.25) is 9.20 Å². The van der Waals surface area contributed by atoms with Crippen LogP contribution in [0.3, 0.4) is 0 Å². The van der Waals surface area contributed by atoms with E-state index in [-0.39, 0.29) is 5.56 Å². The second-order valence-corrected chi connectivity index (χ2v) is 4.11. The summed E-state index contributed by atoms with van der Waals surface area (Å²) < 4.78 is 1.62. The zero-order chi connectivity index (χ0) is 9.42. The van der Waals surface area contributed by atoms with Crippen LogP contribution in [-0.4, -0.2) is 9.38 Å². The van der Waals surface area contributed by atoms with Crippen LogP contribution < -0.4 is 5.56 Å². The molecule has 68 valence electrons. The highest BCUT2D eigenvalue weighted by Gasteiger charge is 2.04. The highest BCUT2D eigenvalue weighted by Crippen LogP contribution is 2.12. The van der Waals surface area contributed by atoms with E-state index in [0.717, 1.165) is 16.3 Å². The summed E-state index contributed by atoms with van der Waals surface area (Å²) in [5.74, 6) is 0. The fourth-order valence-electron chi connectivity index (χ4n) is 1.17. The Kier molecular flexibility index (Phi) is 2.21. The lowest BCUT2D eigenvalue weighted by molar-refractivity contribution is 0.999. The minimum absolute atomic E-state index is 0.00167. The lowest BCUT2D eigenvalue weighted by Crippen LogP contribution is -2.14. The Hall–Kier alpha value is -0.680. The van der Waals surface area contributed by atoms with Crippen molar-refractivity contribution in [2.75, 3.05) is 0 Å². The topological polar surface area (TPSA) is 34.4 Å². The standard InChI is InChI=1S/C8H7BrN2OS/c1-5-4-13-8-10-6(3-9)2-7(12)11(5)8/h2,4H,3H2,1H3. The van der Waals surface area contributed by atoms with Crippen molar-refractivity contribution in [1.82, 2.24) is 9.38 Å². The van der Waals surface area contributed by atoms with E-state index in [1.54, 1.807) is 10.5 Å². The number of hydrogen-bond donors (Lipinski definition) is 0. The van der Waals surface area contributed by atoms with E-state index < -0.39 is 0 Å². The molecule has 2 aromatic rings. The van der Waals surface area contributed by atoms with Gasteiger partial charge in [0.15, 0.2) is 4.96 Å². The average molecular weight is 259 g/mol.